The summed E-state index contributed by atoms with van der Waals surface area (Å²) in [6, 6.07) is 0. The van der Waals surface area contributed by atoms with Crippen LogP contribution in [0, 0.1) is 35.0 Å². The summed E-state index contributed by atoms with van der Waals surface area (Å²) >= 11 is 0. The van der Waals surface area contributed by atoms with Crippen molar-refractivity contribution in [1.29, 1.82) is 0 Å². The van der Waals surface area contributed by atoms with E-state index in [0.717, 1.165) is 0 Å². The Labute approximate surface area is 218 Å². The summed E-state index contributed by atoms with van der Waals surface area (Å²) in [6.07, 6.45) is 3.81. The van der Waals surface area contributed by atoms with Crippen molar-refractivity contribution in [3.05, 3.63) is 34.9 Å². The number of esters is 2. The molecular formula is C29H40O8. The molecule has 0 aliphatic heterocycles. The second-order valence-corrected chi connectivity index (χ2v) is 12.3. The van der Waals surface area contributed by atoms with Gasteiger partial charge in [0.15, 0.2) is 11.4 Å². The average molecular weight is 517 g/mol. The Morgan fingerprint density at radius 2 is 1.84 bits per heavy atom. The number of carbonyl (C=O) groups is 3. The van der Waals surface area contributed by atoms with E-state index < -0.39 is 82.2 Å². The largest absolute Gasteiger partial charge is 0.454 e. The van der Waals surface area contributed by atoms with Gasteiger partial charge in [-0.2, -0.15) is 0 Å². The number of hydrogen-bond acceptors (Lipinski definition) is 8. The molecule has 0 unspecified atom stereocenters. The Kier molecular flexibility index (Phi) is 6.46. The van der Waals surface area contributed by atoms with Crippen molar-refractivity contribution in [2.45, 2.75) is 84.7 Å². The van der Waals surface area contributed by atoms with Gasteiger partial charge >= 0.3 is 11.9 Å². The zero-order valence-electron chi connectivity index (χ0n) is 23.0. The van der Waals surface area contributed by atoms with E-state index in [1.54, 1.807) is 59.8 Å². The SMILES string of the molecule is C/C=C(\C)C(=O)O[C@@H]1[C@@H](C)[C@@]2(O)[C@H](C=C(CO)C[C@]3(O)C(=O)C(C)=C[C@@H]23)[C@@H]2C(C)(C)[C@]12OC(=O)C(C)C. The molecule has 4 rings (SSSR count). The van der Waals surface area contributed by atoms with E-state index in [1.807, 2.05) is 13.8 Å². The van der Waals surface area contributed by atoms with Gasteiger partial charge in [0, 0.05) is 41.1 Å². The molecule has 0 radical (unpaired) electrons. The van der Waals surface area contributed by atoms with Crippen LogP contribution >= 0.6 is 0 Å². The zero-order chi connectivity index (χ0) is 27.9. The van der Waals surface area contributed by atoms with Gasteiger partial charge in [-0.25, -0.2) is 4.79 Å². The molecule has 3 N–H and O–H groups in total. The Hall–Kier alpha value is -2.29. The fourth-order valence-electron chi connectivity index (χ4n) is 7.43. The number of allylic oxidation sites excluding steroid dienone is 1. The highest BCUT2D eigenvalue weighted by Crippen LogP contribution is 2.77. The first-order chi connectivity index (χ1) is 17.0. The summed E-state index contributed by atoms with van der Waals surface area (Å²) in [5, 5.41) is 34.6. The molecule has 2 fully saturated rings. The number of ether oxygens (including phenoxy) is 2. The van der Waals surface area contributed by atoms with E-state index in [9.17, 15) is 29.7 Å². The van der Waals surface area contributed by atoms with Gasteiger partial charge in [0.2, 0.25) is 0 Å². The van der Waals surface area contributed by atoms with Crippen LogP contribution in [-0.2, 0) is 23.9 Å². The van der Waals surface area contributed by atoms with Gasteiger partial charge < -0.3 is 24.8 Å². The molecule has 0 heterocycles. The van der Waals surface area contributed by atoms with Gasteiger partial charge in [-0.05, 0) is 31.9 Å². The summed E-state index contributed by atoms with van der Waals surface area (Å²) in [6.45, 7) is 13.5. The molecule has 2 saturated carbocycles. The van der Waals surface area contributed by atoms with E-state index >= 15 is 0 Å². The molecule has 37 heavy (non-hydrogen) atoms. The normalized spacial score (nSPS) is 42.1. The third-order valence-corrected chi connectivity index (χ3v) is 9.69. The van der Waals surface area contributed by atoms with Gasteiger partial charge in [0.25, 0.3) is 0 Å². The summed E-state index contributed by atoms with van der Waals surface area (Å²) in [7, 11) is 0. The van der Waals surface area contributed by atoms with Crippen LogP contribution in [0.15, 0.2) is 34.9 Å². The lowest BCUT2D eigenvalue weighted by Gasteiger charge is -2.53. The van der Waals surface area contributed by atoms with Crippen LogP contribution in [0.1, 0.15) is 61.8 Å². The molecule has 8 atom stereocenters. The maximum Gasteiger partial charge on any atom is 0.333 e. The molecule has 0 spiro atoms. The number of rotatable bonds is 5. The molecule has 0 saturated heterocycles. The van der Waals surface area contributed by atoms with Crippen LogP contribution in [0.5, 0.6) is 0 Å². The van der Waals surface area contributed by atoms with Gasteiger partial charge in [-0.1, -0.05) is 52.8 Å². The molecule has 0 aromatic rings. The summed E-state index contributed by atoms with van der Waals surface area (Å²) in [5.74, 6) is -5.00. The van der Waals surface area contributed by atoms with Crippen molar-refractivity contribution in [2.24, 2.45) is 35.0 Å². The van der Waals surface area contributed by atoms with Crippen LogP contribution in [0.2, 0.25) is 0 Å². The number of carbonyl (C=O) groups excluding carboxylic acids is 3. The molecule has 0 bridgehead atoms. The monoisotopic (exact) mass is 516 g/mol. The van der Waals surface area contributed by atoms with E-state index in [4.69, 9.17) is 9.47 Å². The highest BCUT2D eigenvalue weighted by molar-refractivity contribution is 6.04. The molecule has 8 heteroatoms. The Morgan fingerprint density at radius 3 is 2.38 bits per heavy atom. The van der Waals surface area contributed by atoms with Crippen molar-refractivity contribution >= 4 is 17.7 Å². The molecule has 8 nitrogen and oxygen atoms in total. The summed E-state index contributed by atoms with van der Waals surface area (Å²) in [5.41, 5.74) is -4.51. The molecule has 0 aromatic heterocycles. The highest BCUT2D eigenvalue weighted by Gasteiger charge is 2.88. The average Bonchev–Trinajstić information content (AvgIpc) is 3.26. The smallest absolute Gasteiger partial charge is 0.333 e. The van der Waals surface area contributed by atoms with Gasteiger partial charge in [0.05, 0.1) is 18.1 Å². The van der Waals surface area contributed by atoms with E-state index in [-0.39, 0.29) is 6.42 Å². The lowest BCUT2D eigenvalue weighted by Crippen LogP contribution is -2.66. The third-order valence-electron chi connectivity index (χ3n) is 9.69. The fraction of sp³-hybridized carbons (Fsp3) is 0.690. The lowest BCUT2D eigenvalue weighted by molar-refractivity contribution is -0.228. The van der Waals surface area contributed by atoms with Gasteiger partial charge in [-0.3, -0.25) is 9.59 Å². The zero-order valence-corrected chi connectivity index (χ0v) is 23.0. The van der Waals surface area contributed by atoms with Crippen LogP contribution in [-0.4, -0.2) is 62.6 Å². The number of aliphatic hydroxyl groups excluding tert-OH is 1. The number of hydrogen-bond donors (Lipinski definition) is 3. The van der Waals surface area contributed by atoms with Crippen molar-refractivity contribution < 1.29 is 39.2 Å². The van der Waals surface area contributed by atoms with Crippen LogP contribution in [0.3, 0.4) is 0 Å². The topological polar surface area (TPSA) is 130 Å². The molecule has 4 aliphatic rings. The second-order valence-electron chi connectivity index (χ2n) is 12.3. The standard InChI is InChI=1S/C29H40O8/c1-9-15(4)25(33)36-23-17(6)28(35)19(21-26(7,8)29(21,23)37-24(32)14(2)3)11-18(13-30)12-27(34)20(28)10-16(5)22(27)31/h9-11,14,17,19-21,23,30,34-35H,12-13H2,1-8H3/b15-9+/t17-,19-,20-,21-,23-,27-,28-,29-/m1/s1. The fourth-order valence-corrected chi connectivity index (χ4v) is 7.43. The van der Waals surface area contributed by atoms with Crippen LogP contribution < -0.4 is 0 Å². The molecular weight excluding hydrogens is 476 g/mol. The molecule has 0 aromatic carbocycles. The van der Waals surface area contributed by atoms with Crippen molar-refractivity contribution in [1.82, 2.24) is 0 Å². The van der Waals surface area contributed by atoms with E-state index in [1.165, 1.54) is 0 Å². The summed E-state index contributed by atoms with van der Waals surface area (Å²) in [4.78, 5) is 39.3. The van der Waals surface area contributed by atoms with E-state index in [0.29, 0.717) is 16.7 Å². The van der Waals surface area contributed by atoms with Crippen LogP contribution in [0.25, 0.3) is 0 Å². The minimum Gasteiger partial charge on any atom is -0.454 e. The Bertz CT molecular complexity index is 1130. The predicted molar refractivity (Wildman–Crippen MR) is 135 cm³/mol. The number of fused-ring (bicyclic) bond motifs is 5. The first kappa shape index (κ1) is 27.7. The first-order valence-electron chi connectivity index (χ1n) is 13.1. The number of Topliss-reactive ketones (excluding diaryl/α,β-unsaturated/α-hetero) is 1. The van der Waals surface area contributed by atoms with Gasteiger partial charge in [-0.15, -0.1) is 0 Å². The summed E-state index contributed by atoms with van der Waals surface area (Å²) < 4.78 is 12.3. The van der Waals surface area contributed by atoms with Crippen LogP contribution in [0.4, 0.5) is 0 Å². The Morgan fingerprint density at radius 1 is 1.22 bits per heavy atom. The first-order valence-corrected chi connectivity index (χ1v) is 13.1. The van der Waals surface area contributed by atoms with Crippen molar-refractivity contribution in [2.75, 3.05) is 6.61 Å². The highest BCUT2D eigenvalue weighted by atomic mass is 16.6. The lowest BCUT2D eigenvalue weighted by atomic mass is 9.59. The maximum absolute atomic E-state index is 13.2. The molecule has 204 valence electrons. The third kappa shape index (κ3) is 3.48. The van der Waals surface area contributed by atoms with Crippen molar-refractivity contribution in [3.63, 3.8) is 0 Å². The molecule has 0 amide bonds. The number of aliphatic hydroxyl groups is 3. The second kappa shape index (κ2) is 8.61. The quantitative estimate of drug-likeness (QED) is 0.289. The number of ketones is 1. The maximum atomic E-state index is 13.2. The predicted octanol–water partition coefficient (Wildman–Crippen LogP) is 2.65. The molecule has 4 aliphatic carbocycles. The minimum absolute atomic E-state index is 0.125. The van der Waals surface area contributed by atoms with Crippen molar-refractivity contribution in [3.8, 4) is 0 Å². The van der Waals surface area contributed by atoms with E-state index in [2.05, 4.69) is 0 Å². The Balaban J connectivity index is 1.96. The minimum atomic E-state index is -1.95. The van der Waals surface area contributed by atoms with Gasteiger partial charge in [0.1, 0.15) is 11.7 Å².